The van der Waals surface area contributed by atoms with Gasteiger partial charge in [-0.25, -0.2) is 13.3 Å². The quantitative estimate of drug-likeness (QED) is 0.792. The Labute approximate surface area is 144 Å². The predicted molar refractivity (Wildman–Crippen MR) is 93.4 cm³/mol. The zero-order valence-corrected chi connectivity index (χ0v) is 13.7. The monoisotopic (exact) mass is 345 g/mol. The lowest BCUT2D eigenvalue weighted by Gasteiger charge is -2.37. The smallest absolute Gasteiger partial charge is 0.144 e. The number of benzene rings is 2. The fraction of sp³-hybridized carbons (Fsp3) is 0.158. The Morgan fingerprint density at radius 2 is 1.83 bits per heavy atom. The second-order valence-corrected chi connectivity index (χ2v) is 6.46. The van der Waals surface area contributed by atoms with Gasteiger partial charge in [-0.1, -0.05) is 23.7 Å². The molecule has 4 rings (SSSR count). The van der Waals surface area contributed by atoms with Gasteiger partial charge in [-0.3, -0.25) is 0 Å². The van der Waals surface area contributed by atoms with E-state index < -0.39 is 5.82 Å². The van der Waals surface area contributed by atoms with Gasteiger partial charge in [0.2, 0.25) is 0 Å². The molecule has 1 atom stereocenters. The first kappa shape index (κ1) is 15.5. The molecule has 0 amide bonds. The van der Waals surface area contributed by atoms with Gasteiger partial charge in [-0.2, -0.15) is 0 Å². The van der Waals surface area contributed by atoms with Crippen LogP contribution in [0.2, 0.25) is 5.02 Å². The van der Waals surface area contributed by atoms with Crippen LogP contribution in [0.15, 0.2) is 60.4 Å². The zero-order chi connectivity index (χ0) is 16.7. The second-order valence-electron chi connectivity index (χ2n) is 6.05. The molecule has 0 aromatic heterocycles. The molecule has 2 aromatic rings. The lowest BCUT2D eigenvalue weighted by atomic mass is 10.0. The average Bonchev–Trinajstić information content (AvgIpc) is 2.99. The minimum absolute atomic E-state index is 0.126. The van der Waals surface area contributed by atoms with Gasteiger partial charge in [-0.15, -0.1) is 0 Å². The third kappa shape index (κ3) is 2.38. The summed E-state index contributed by atoms with van der Waals surface area (Å²) in [6.45, 7) is 2.38. The van der Waals surface area contributed by atoms with E-state index in [0.717, 1.165) is 35.6 Å². The number of hydrogen-bond donors (Lipinski definition) is 1. The molecule has 2 aliphatic heterocycles. The molecule has 1 N–H and O–H groups in total. The van der Waals surface area contributed by atoms with Crippen LogP contribution in [-0.4, -0.2) is 19.6 Å². The van der Waals surface area contributed by atoms with Gasteiger partial charge in [0.05, 0.1) is 11.6 Å². The van der Waals surface area contributed by atoms with Gasteiger partial charge in [0.1, 0.15) is 35.8 Å². The second kappa shape index (κ2) is 5.81. The third-order valence-electron chi connectivity index (χ3n) is 4.74. The SMILES string of the molecule is Fc1ccc(C2=C3CNCC[N+]3(c3ccc(F)c(Cl)c3)C=C2)cc1. The van der Waals surface area contributed by atoms with Crippen LogP contribution in [0, 0.1) is 11.6 Å². The standard InChI is InChI=1S/C19H16ClF2N2/c20-17-11-15(5-6-18(17)22)24-9-7-16(19(24)12-23-8-10-24)13-1-3-14(21)4-2-13/h1-7,9,11,23H,8,10,12H2/q+1. The molecule has 2 aromatic carbocycles. The van der Waals surface area contributed by atoms with Crippen LogP contribution in [0.1, 0.15) is 5.56 Å². The molecule has 2 heterocycles. The van der Waals surface area contributed by atoms with Gasteiger partial charge in [0, 0.05) is 30.3 Å². The van der Waals surface area contributed by atoms with Crippen LogP contribution in [0.4, 0.5) is 14.5 Å². The molecule has 2 nitrogen and oxygen atoms in total. The first-order chi connectivity index (χ1) is 11.6. The highest BCUT2D eigenvalue weighted by Crippen LogP contribution is 2.41. The van der Waals surface area contributed by atoms with Crippen LogP contribution in [-0.2, 0) is 0 Å². The number of hydrogen-bond acceptors (Lipinski definition) is 1. The summed E-state index contributed by atoms with van der Waals surface area (Å²) in [5, 5.41) is 3.52. The Bertz CT molecular complexity index is 858. The molecule has 0 saturated carbocycles. The molecule has 0 spiro atoms. The number of piperazine rings is 1. The summed E-state index contributed by atoms with van der Waals surface area (Å²) in [7, 11) is 0. The van der Waals surface area contributed by atoms with E-state index in [9.17, 15) is 8.78 Å². The van der Waals surface area contributed by atoms with E-state index in [1.165, 1.54) is 18.2 Å². The van der Waals surface area contributed by atoms with Gasteiger partial charge in [-0.05, 0) is 23.8 Å². The number of fused-ring (bicyclic) bond motifs is 1. The number of nitrogens with one attached hydrogen (secondary N) is 1. The largest absolute Gasteiger partial charge is 0.303 e. The molecule has 0 bridgehead atoms. The molecule has 1 unspecified atom stereocenters. The summed E-state index contributed by atoms with van der Waals surface area (Å²) >= 11 is 6.01. The summed E-state index contributed by atoms with van der Waals surface area (Å²) in [5.41, 5.74) is 4.14. The lowest BCUT2D eigenvalue weighted by Crippen LogP contribution is -2.53. The molecule has 2 aliphatic rings. The van der Waals surface area contributed by atoms with Crippen LogP contribution in [0.25, 0.3) is 5.57 Å². The first-order valence-electron chi connectivity index (χ1n) is 7.83. The van der Waals surface area contributed by atoms with Crippen molar-refractivity contribution in [2.45, 2.75) is 0 Å². The van der Waals surface area contributed by atoms with E-state index in [1.807, 2.05) is 0 Å². The maximum absolute atomic E-state index is 13.6. The summed E-state index contributed by atoms with van der Waals surface area (Å²) < 4.78 is 27.3. The Morgan fingerprint density at radius 1 is 1.04 bits per heavy atom. The molecular formula is C19H16ClF2N2+. The summed E-state index contributed by atoms with van der Waals surface area (Å²) in [5.74, 6) is -0.666. The molecule has 24 heavy (non-hydrogen) atoms. The fourth-order valence-corrected chi connectivity index (χ4v) is 3.68. The average molecular weight is 346 g/mol. The Morgan fingerprint density at radius 3 is 2.58 bits per heavy atom. The van der Waals surface area contributed by atoms with Crippen molar-refractivity contribution in [3.63, 3.8) is 0 Å². The van der Waals surface area contributed by atoms with Crippen LogP contribution < -0.4 is 9.80 Å². The van der Waals surface area contributed by atoms with Gasteiger partial charge in [0.15, 0.2) is 0 Å². The van der Waals surface area contributed by atoms with Crippen LogP contribution in [0.5, 0.6) is 0 Å². The highest BCUT2D eigenvalue weighted by atomic mass is 35.5. The van der Waals surface area contributed by atoms with Crippen molar-refractivity contribution in [2.24, 2.45) is 0 Å². The molecular weight excluding hydrogens is 330 g/mol. The minimum atomic E-state index is -0.416. The number of nitrogens with zero attached hydrogens (tertiary/aromatic N) is 1. The van der Waals surface area contributed by atoms with E-state index in [2.05, 4.69) is 17.6 Å². The fourth-order valence-electron chi connectivity index (χ4n) is 3.51. The van der Waals surface area contributed by atoms with Gasteiger partial charge < -0.3 is 5.32 Å². The predicted octanol–water partition coefficient (Wildman–Crippen LogP) is 4.47. The first-order valence-corrected chi connectivity index (χ1v) is 8.21. The molecule has 0 radical (unpaired) electrons. The van der Waals surface area contributed by atoms with Crippen molar-refractivity contribution in [2.75, 3.05) is 19.6 Å². The normalized spacial score (nSPS) is 22.8. The van der Waals surface area contributed by atoms with E-state index in [0.29, 0.717) is 11.0 Å². The van der Waals surface area contributed by atoms with Crippen molar-refractivity contribution < 1.29 is 8.78 Å². The van der Waals surface area contributed by atoms with Gasteiger partial charge >= 0.3 is 0 Å². The summed E-state index contributed by atoms with van der Waals surface area (Å²) in [6, 6.07) is 11.4. The maximum atomic E-state index is 13.6. The number of quaternary nitrogens is 1. The van der Waals surface area contributed by atoms with Crippen LogP contribution in [0.3, 0.4) is 0 Å². The highest BCUT2D eigenvalue weighted by Gasteiger charge is 2.41. The van der Waals surface area contributed by atoms with Gasteiger partial charge in [0.25, 0.3) is 0 Å². The van der Waals surface area contributed by atoms with Crippen molar-refractivity contribution in [1.82, 2.24) is 9.80 Å². The Balaban J connectivity index is 1.86. The minimum Gasteiger partial charge on any atom is -0.303 e. The van der Waals surface area contributed by atoms with Crippen molar-refractivity contribution in [3.8, 4) is 0 Å². The van der Waals surface area contributed by atoms with E-state index >= 15 is 0 Å². The molecule has 1 fully saturated rings. The highest BCUT2D eigenvalue weighted by molar-refractivity contribution is 6.31. The molecule has 5 heteroatoms. The number of halogens is 3. The maximum Gasteiger partial charge on any atom is 0.144 e. The zero-order valence-electron chi connectivity index (χ0n) is 12.9. The lowest BCUT2D eigenvalue weighted by molar-refractivity contribution is 0.393. The summed E-state index contributed by atoms with van der Waals surface area (Å²) in [4.78, 5) is 0. The van der Waals surface area contributed by atoms with E-state index in [-0.39, 0.29) is 10.8 Å². The van der Waals surface area contributed by atoms with Crippen LogP contribution >= 0.6 is 11.6 Å². The topological polar surface area (TPSA) is 12.0 Å². The summed E-state index contributed by atoms with van der Waals surface area (Å²) in [6.07, 6.45) is 4.17. The number of allylic oxidation sites excluding steroid dienone is 2. The van der Waals surface area contributed by atoms with E-state index in [1.54, 1.807) is 24.3 Å². The number of rotatable bonds is 2. The van der Waals surface area contributed by atoms with Crippen molar-refractivity contribution in [1.29, 1.82) is 0 Å². The van der Waals surface area contributed by atoms with Crippen molar-refractivity contribution in [3.05, 3.63) is 82.7 Å². The Hall–Kier alpha value is -2.01. The Kier molecular flexibility index (Phi) is 3.76. The van der Waals surface area contributed by atoms with E-state index in [4.69, 9.17) is 11.6 Å². The molecule has 0 aliphatic carbocycles. The molecule has 122 valence electrons. The molecule has 1 saturated heterocycles. The van der Waals surface area contributed by atoms with Crippen molar-refractivity contribution >= 4 is 22.9 Å². The third-order valence-corrected chi connectivity index (χ3v) is 5.03.